The largest absolute Gasteiger partial charge is 0.314 e. The first-order valence-electron chi connectivity index (χ1n) is 5.83. The molecule has 16 heavy (non-hydrogen) atoms. The van der Waals surface area contributed by atoms with Gasteiger partial charge in [0, 0.05) is 49.6 Å². The molecule has 1 N–H and O–H groups in total. The number of aromatic nitrogens is 1. The number of thiazole rings is 1. The molecule has 0 atom stereocenters. The normalized spacial score (nSPS) is 17.8. The highest BCUT2D eigenvalue weighted by Gasteiger charge is 2.11. The van der Waals surface area contributed by atoms with Gasteiger partial charge >= 0.3 is 0 Å². The lowest BCUT2D eigenvalue weighted by atomic mass is 10.3. The zero-order valence-corrected chi connectivity index (χ0v) is 11.4. The number of piperazine rings is 1. The van der Waals surface area contributed by atoms with Gasteiger partial charge in [-0.05, 0) is 5.75 Å². The van der Waals surface area contributed by atoms with Crippen LogP contribution in [0.2, 0.25) is 0 Å². The number of nitrogens with zero attached hydrogens (tertiary/aromatic N) is 2. The van der Waals surface area contributed by atoms with Crippen molar-refractivity contribution in [2.24, 2.45) is 0 Å². The SMILES string of the molecule is CCSCc1ncc(CN2CCNCC2)s1. The molecule has 90 valence electrons. The molecule has 1 saturated heterocycles. The third kappa shape index (κ3) is 3.73. The monoisotopic (exact) mass is 257 g/mol. The topological polar surface area (TPSA) is 28.2 Å². The summed E-state index contributed by atoms with van der Waals surface area (Å²) in [4.78, 5) is 8.39. The summed E-state index contributed by atoms with van der Waals surface area (Å²) >= 11 is 3.82. The highest BCUT2D eigenvalue weighted by molar-refractivity contribution is 7.98. The van der Waals surface area contributed by atoms with Crippen LogP contribution in [0.1, 0.15) is 16.8 Å². The fraction of sp³-hybridized carbons (Fsp3) is 0.727. The van der Waals surface area contributed by atoms with Crippen molar-refractivity contribution in [2.75, 3.05) is 31.9 Å². The van der Waals surface area contributed by atoms with Crippen LogP contribution in [0.5, 0.6) is 0 Å². The van der Waals surface area contributed by atoms with Crippen molar-refractivity contribution in [2.45, 2.75) is 19.2 Å². The Morgan fingerprint density at radius 2 is 2.31 bits per heavy atom. The number of hydrogen-bond acceptors (Lipinski definition) is 5. The van der Waals surface area contributed by atoms with Crippen LogP contribution in [0.15, 0.2) is 6.20 Å². The van der Waals surface area contributed by atoms with E-state index in [9.17, 15) is 0 Å². The van der Waals surface area contributed by atoms with Crippen LogP contribution in [0.25, 0.3) is 0 Å². The average Bonchev–Trinajstić information content (AvgIpc) is 2.75. The molecule has 0 saturated carbocycles. The molecule has 2 heterocycles. The van der Waals surface area contributed by atoms with Crippen LogP contribution in [-0.4, -0.2) is 41.8 Å². The van der Waals surface area contributed by atoms with Gasteiger partial charge in [-0.3, -0.25) is 4.90 Å². The maximum Gasteiger partial charge on any atom is 0.103 e. The van der Waals surface area contributed by atoms with Crippen molar-refractivity contribution >= 4 is 23.1 Å². The van der Waals surface area contributed by atoms with E-state index in [2.05, 4.69) is 28.3 Å². The highest BCUT2D eigenvalue weighted by Crippen LogP contribution is 2.19. The minimum absolute atomic E-state index is 1.07. The molecule has 3 nitrogen and oxygen atoms in total. The van der Waals surface area contributed by atoms with E-state index in [0.29, 0.717) is 0 Å². The second kappa shape index (κ2) is 6.59. The van der Waals surface area contributed by atoms with E-state index in [4.69, 9.17) is 0 Å². The fourth-order valence-corrected chi connectivity index (χ4v) is 3.47. The molecule has 5 heteroatoms. The van der Waals surface area contributed by atoms with Crippen LogP contribution < -0.4 is 5.32 Å². The fourth-order valence-electron chi connectivity index (χ4n) is 1.77. The Morgan fingerprint density at radius 1 is 1.50 bits per heavy atom. The molecular formula is C11H19N3S2. The smallest absolute Gasteiger partial charge is 0.103 e. The van der Waals surface area contributed by atoms with Crippen LogP contribution in [0.3, 0.4) is 0 Å². The molecule has 0 bridgehead atoms. The summed E-state index contributed by atoms with van der Waals surface area (Å²) in [6.45, 7) is 7.85. The van der Waals surface area contributed by atoms with Crippen molar-refractivity contribution in [3.05, 3.63) is 16.1 Å². The van der Waals surface area contributed by atoms with Crippen molar-refractivity contribution in [1.82, 2.24) is 15.2 Å². The van der Waals surface area contributed by atoms with Crippen LogP contribution in [0, 0.1) is 0 Å². The standard InChI is InChI=1S/C11H19N3S2/c1-2-15-9-11-13-7-10(16-11)8-14-5-3-12-4-6-14/h7,12H,2-6,8-9H2,1H3. The van der Waals surface area contributed by atoms with Gasteiger partial charge in [0.05, 0.1) is 0 Å². The van der Waals surface area contributed by atoms with E-state index in [1.165, 1.54) is 15.6 Å². The number of nitrogens with one attached hydrogen (secondary N) is 1. The molecule has 1 fully saturated rings. The Kier molecular flexibility index (Phi) is 5.09. The molecule has 1 aromatic rings. The molecule has 0 amide bonds. The number of hydrogen-bond donors (Lipinski definition) is 1. The van der Waals surface area contributed by atoms with E-state index in [1.807, 2.05) is 23.1 Å². The first-order chi connectivity index (χ1) is 7.88. The van der Waals surface area contributed by atoms with Gasteiger partial charge in [-0.2, -0.15) is 11.8 Å². The van der Waals surface area contributed by atoms with Gasteiger partial charge in [-0.1, -0.05) is 6.92 Å². The Morgan fingerprint density at radius 3 is 3.06 bits per heavy atom. The number of rotatable bonds is 5. The molecule has 1 aliphatic heterocycles. The second-order valence-corrected chi connectivity index (χ2v) is 6.36. The van der Waals surface area contributed by atoms with E-state index in [1.54, 1.807) is 0 Å². The lowest BCUT2D eigenvalue weighted by molar-refractivity contribution is 0.235. The molecular weight excluding hydrogens is 238 g/mol. The van der Waals surface area contributed by atoms with Gasteiger partial charge in [0.15, 0.2) is 0 Å². The summed E-state index contributed by atoms with van der Waals surface area (Å²) in [6, 6.07) is 0. The van der Waals surface area contributed by atoms with Gasteiger partial charge in [-0.15, -0.1) is 11.3 Å². The van der Waals surface area contributed by atoms with Crippen molar-refractivity contribution in [1.29, 1.82) is 0 Å². The highest BCUT2D eigenvalue weighted by atomic mass is 32.2. The Bertz CT molecular complexity index is 308. The number of thioether (sulfide) groups is 1. The molecule has 0 aliphatic carbocycles. The first-order valence-corrected chi connectivity index (χ1v) is 7.80. The molecule has 0 spiro atoms. The van der Waals surface area contributed by atoms with Crippen LogP contribution >= 0.6 is 23.1 Å². The third-order valence-electron chi connectivity index (χ3n) is 2.62. The lowest BCUT2D eigenvalue weighted by Gasteiger charge is -2.26. The van der Waals surface area contributed by atoms with Gasteiger partial charge in [0.2, 0.25) is 0 Å². The second-order valence-electron chi connectivity index (χ2n) is 3.88. The molecule has 1 aliphatic rings. The summed E-state index contributed by atoms with van der Waals surface area (Å²) in [6.07, 6.45) is 2.05. The molecule has 0 aromatic carbocycles. The van der Waals surface area contributed by atoms with Gasteiger partial charge < -0.3 is 5.32 Å². The van der Waals surface area contributed by atoms with Crippen molar-refractivity contribution < 1.29 is 0 Å². The summed E-state index contributed by atoms with van der Waals surface area (Å²) < 4.78 is 0. The molecule has 0 unspecified atom stereocenters. The predicted octanol–water partition coefficient (Wildman–Crippen LogP) is 1.80. The molecule has 1 aromatic heterocycles. The van der Waals surface area contributed by atoms with Crippen LogP contribution in [-0.2, 0) is 12.3 Å². The van der Waals surface area contributed by atoms with E-state index >= 15 is 0 Å². The zero-order chi connectivity index (χ0) is 11.2. The maximum absolute atomic E-state index is 4.47. The first kappa shape index (κ1) is 12.4. The van der Waals surface area contributed by atoms with Crippen molar-refractivity contribution in [3.8, 4) is 0 Å². The summed E-state index contributed by atoms with van der Waals surface area (Å²) in [5, 5.41) is 4.65. The lowest BCUT2D eigenvalue weighted by Crippen LogP contribution is -2.42. The van der Waals surface area contributed by atoms with Gasteiger partial charge in [0.1, 0.15) is 5.01 Å². The van der Waals surface area contributed by atoms with Crippen molar-refractivity contribution in [3.63, 3.8) is 0 Å². The zero-order valence-electron chi connectivity index (χ0n) is 9.74. The quantitative estimate of drug-likeness (QED) is 0.871. The minimum atomic E-state index is 1.07. The molecule has 0 radical (unpaired) electrons. The van der Waals surface area contributed by atoms with E-state index in [-0.39, 0.29) is 0 Å². The van der Waals surface area contributed by atoms with E-state index in [0.717, 1.165) is 38.5 Å². The maximum atomic E-state index is 4.47. The van der Waals surface area contributed by atoms with Crippen LogP contribution in [0.4, 0.5) is 0 Å². The Labute approximate surface area is 106 Å². The summed E-state index contributed by atoms with van der Waals surface area (Å²) in [5.74, 6) is 2.25. The third-order valence-corrected chi connectivity index (χ3v) is 4.67. The van der Waals surface area contributed by atoms with E-state index < -0.39 is 0 Å². The Balaban J connectivity index is 1.81. The minimum Gasteiger partial charge on any atom is -0.314 e. The predicted molar refractivity (Wildman–Crippen MR) is 72.1 cm³/mol. The average molecular weight is 257 g/mol. The summed E-state index contributed by atoms with van der Waals surface area (Å²) in [5.41, 5.74) is 0. The van der Waals surface area contributed by atoms with Gasteiger partial charge in [-0.25, -0.2) is 4.98 Å². The summed E-state index contributed by atoms with van der Waals surface area (Å²) in [7, 11) is 0. The Hall–Kier alpha value is -0.100. The van der Waals surface area contributed by atoms with Gasteiger partial charge in [0.25, 0.3) is 0 Å². The molecule has 2 rings (SSSR count).